The van der Waals surface area contributed by atoms with E-state index in [9.17, 15) is 13.2 Å². The fourth-order valence-electron chi connectivity index (χ4n) is 1.01. The van der Waals surface area contributed by atoms with Gasteiger partial charge < -0.3 is 15.5 Å². The first kappa shape index (κ1) is 14.5. The van der Waals surface area contributed by atoms with E-state index in [2.05, 4.69) is 25.9 Å². The van der Waals surface area contributed by atoms with Gasteiger partial charge in [-0.1, -0.05) is 15.9 Å². The number of alkyl halides is 1. The molecule has 18 heavy (non-hydrogen) atoms. The van der Waals surface area contributed by atoms with Crippen LogP contribution < -0.4 is 4.74 Å². The summed E-state index contributed by atoms with van der Waals surface area (Å²) in [5, 5.41) is 0. The van der Waals surface area contributed by atoms with Gasteiger partial charge in [0.1, 0.15) is 24.1 Å². The molecule has 1 rings (SSSR count). The quantitative estimate of drug-likeness (QED) is 0.477. The minimum atomic E-state index is -0.830. The Balaban J connectivity index is 2.92. The van der Waals surface area contributed by atoms with Crippen molar-refractivity contribution in [1.82, 2.24) is 0 Å². The highest BCUT2D eigenvalue weighted by Crippen LogP contribution is 2.16. The molecule has 0 saturated carbocycles. The predicted octanol–water partition coefficient (Wildman–Crippen LogP) is 3.47. The molecule has 0 amide bonds. The topological polar surface area (TPSA) is 57.8 Å². The lowest BCUT2D eigenvalue weighted by atomic mass is 10.3. The Morgan fingerprint density at radius 2 is 1.89 bits per heavy atom. The molecule has 0 aromatic heterocycles. The van der Waals surface area contributed by atoms with Crippen LogP contribution in [0.1, 0.15) is 0 Å². The maximum Gasteiger partial charge on any atom is 0.209 e. The van der Waals surface area contributed by atoms with Crippen LogP contribution in [0.4, 0.5) is 13.2 Å². The van der Waals surface area contributed by atoms with Gasteiger partial charge in [0.05, 0.1) is 6.54 Å². The van der Waals surface area contributed by atoms with E-state index < -0.39 is 18.3 Å². The maximum atomic E-state index is 12.9. The molecule has 0 heterocycles. The summed E-state index contributed by atoms with van der Waals surface area (Å²) in [5.74, 6) is -1.84. The SMILES string of the molecule is [NH-]/C(Br)=N\C(=NCCF)Oc1cc(F)cc(F)c1. The lowest BCUT2D eigenvalue weighted by Gasteiger charge is -2.10. The Morgan fingerprint density at radius 1 is 1.28 bits per heavy atom. The van der Waals surface area contributed by atoms with E-state index in [1.54, 1.807) is 0 Å². The lowest BCUT2D eigenvalue weighted by Crippen LogP contribution is -2.08. The molecule has 1 N–H and O–H groups in total. The third-order valence-electron chi connectivity index (χ3n) is 1.57. The minimum Gasteiger partial charge on any atom is -0.476 e. The zero-order valence-electron chi connectivity index (χ0n) is 8.96. The number of nitrogens with one attached hydrogen (secondary N) is 1. The Kier molecular flexibility index (Phi) is 5.63. The second kappa shape index (κ2) is 7.00. The Hall–Kier alpha value is -1.57. The van der Waals surface area contributed by atoms with Gasteiger partial charge in [-0.15, -0.1) is 0 Å². The number of hydrogen-bond donors (Lipinski definition) is 0. The monoisotopic (exact) mass is 322 g/mol. The molecule has 0 aliphatic rings. The molecule has 0 fully saturated rings. The number of hydrogen-bond acceptors (Lipinski definition) is 2. The molecule has 1 aromatic rings. The number of nitrogens with zero attached hydrogens (tertiary/aromatic N) is 2. The number of halogens is 4. The molecule has 0 bridgehead atoms. The standard InChI is InChI=1S/C10H8BrF3N3O/c11-9(15)17-10(16-2-1-12)18-8-4-6(13)3-7(14)5-8/h3-5H,1-2H2,(H-,15,16,17)/q-1. The fraction of sp³-hybridized carbons (Fsp3) is 0.200. The summed E-state index contributed by atoms with van der Waals surface area (Å²) in [6.45, 7) is -0.966. The number of benzene rings is 1. The summed E-state index contributed by atoms with van der Waals surface area (Å²) in [5.41, 5.74) is 7.06. The lowest BCUT2D eigenvalue weighted by molar-refractivity contribution is 0.487. The Labute approximate surface area is 109 Å². The van der Waals surface area contributed by atoms with Gasteiger partial charge in [-0.3, -0.25) is 4.99 Å². The zero-order valence-corrected chi connectivity index (χ0v) is 10.5. The van der Waals surface area contributed by atoms with E-state index >= 15 is 0 Å². The Morgan fingerprint density at radius 3 is 2.39 bits per heavy atom. The van der Waals surface area contributed by atoms with Crippen LogP contribution in [0, 0.1) is 11.6 Å². The van der Waals surface area contributed by atoms with Crippen molar-refractivity contribution in [2.45, 2.75) is 0 Å². The number of amidine groups is 2. The van der Waals surface area contributed by atoms with E-state index in [1.165, 1.54) is 0 Å². The van der Waals surface area contributed by atoms with E-state index in [-0.39, 0.29) is 23.1 Å². The molecular formula is C10H8BrF3N3O-. The average Bonchev–Trinajstić information content (AvgIpc) is 2.23. The predicted molar refractivity (Wildman–Crippen MR) is 65.9 cm³/mol. The fourth-order valence-corrected chi connectivity index (χ4v) is 1.16. The summed E-state index contributed by atoms with van der Waals surface area (Å²) in [7, 11) is 0. The smallest absolute Gasteiger partial charge is 0.209 e. The molecule has 0 unspecified atom stereocenters. The first-order valence-electron chi connectivity index (χ1n) is 4.71. The van der Waals surface area contributed by atoms with Crippen LogP contribution in [0.15, 0.2) is 28.2 Å². The summed E-state index contributed by atoms with van der Waals surface area (Å²) < 4.78 is 42.4. The van der Waals surface area contributed by atoms with Gasteiger partial charge in [-0.2, -0.15) is 0 Å². The molecular weight excluding hydrogens is 315 g/mol. The van der Waals surface area contributed by atoms with Crippen molar-refractivity contribution in [2.24, 2.45) is 9.98 Å². The number of aliphatic imine (C=N–C) groups is 2. The van der Waals surface area contributed by atoms with Crippen molar-refractivity contribution in [3.63, 3.8) is 0 Å². The van der Waals surface area contributed by atoms with Gasteiger partial charge in [0.2, 0.25) is 6.02 Å². The van der Waals surface area contributed by atoms with Crippen LogP contribution in [0.3, 0.4) is 0 Å². The van der Waals surface area contributed by atoms with Crippen LogP contribution in [0.5, 0.6) is 5.75 Å². The van der Waals surface area contributed by atoms with Gasteiger partial charge >= 0.3 is 0 Å². The largest absolute Gasteiger partial charge is 0.476 e. The van der Waals surface area contributed by atoms with Gasteiger partial charge in [0.15, 0.2) is 0 Å². The third-order valence-corrected chi connectivity index (χ3v) is 1.75. The highest BCUT2D eigenvalue weighted by Gasteiger charge is 2.03. The van der Waals surface area contributed by atoms with Crippen molar-refractivity contribution in [1.29, 1.82) is 0 Å². The second-order valence-electron chi connectivity index (χ2n) is 2.96. The third kappa shape index (κ3) is 5.17. The number of rotatable bonds is 3. The molecule has 0 spiro atoms. The molecule has 0 atom stereocenters. The van der Waals surface area contributed by atoms with Gasteiger partial charge in [0, 0.05) is 18.2 Å². The van der Waals surface area contributed by atoms with Gasteiger partial charge in [-0.05, 0) is 4.74 Å². The first-order chi connectivity index (χ1) is 8.51. The van der Waals surface area contributed by atoms with Gasteiger partial charge in [0.25, 0.3) is 0 Å². The van der Waals surface area contributed by atoms with Gasteiger partial charge in [-0.25, -0.2) is 13.2 Å². The van der Waals surface area contributed by atoms with Crippen LogP contribution in [-0.2, 0) is 0 Å². The molecule has 0 radical (unpaired) electrons. The zero-order chi connectivity index (χ0) is 13.5. The normalized spacial score (nSPS) is 12.7. The molecule has 0 aliphatic carbocycles. The summed E-state index contributed by atoms with van der Waals surface area (Å²) in [4.78, 5) is 7.06. The highest BCUT2D eigenvalue weighted by atomic mass is 79.9. The molecule has 4 nitrogen and oxygen atoms in total. The highest BCUT2D eigenvalue weighted by molar-refractivity contribution is 9.18. The second-order valence-corrected chi connectivity index (χ2v) is 3.71. The maximum absolute atomic E-state index is 12.9. The molecule has 0 saturated heterocycles. The van der Waals surface area contributed by atoms with E-state index in [0.717, 1.165) is 12.1 Å². The van der Waals surface area contributed by atoms with E-state index in [4.69, 9.17) is 10.5 Å². The molecule has 98 valence electrons. The van der Waals surface area contributed by atoms with Crippen LogP contribution >= 0.6 is 15.9 Å². The van der Waals surface area contributed by atoms with Crippen molar-refractivity contribution < 1.29 is 17.9 Å². The molecule has 0 aliphatic heterocycles. The first-order valence-corrected chi connectivity index (χ1v) is 5.50. The number of ether oxygens (including phenoxy) is 1. The molecule has 1 aromatic carbocycles. The Bertz CT molecular complexity index is 455. The summed E-state index contributed by atoms with van der Waals surface area (Å²) in [6, 6.07) is 2.15. The average molecular weight is 323 g/mol. The minimum absolute atomic E-state index is 0.178. The van der Waals surface area contributed by atoms with Crippen molar-refractivity contribution in [2.75, 3.05) is 13.2 Å². The van der Waals surface area contributed by atoms with Crippen molar-refractivity contribution in [3.8, 4) is 5.75 Å². The van der Waals surface area contributed by atoms with E-state index in [0.29, 0.717) is 6.07 Å². The van der Waals surface area contributed by atoms with Crippen LogP contribution in [-0.4, -0.2) is 24.0 Å². The van der Waals surface area contributed by atoms with Crippen LogP contribution in [0.25, 0.3) is 5.73 Å². The molecule has 8 heteroatoms. The summed E-state index contributed by atoms with van der Waals surface area (Å²) in [6.07, 6.45) is 0. The van der Waals surface area contributed by atoms with E-state index in [1.807, 2.05) is 0 Å². The van der Waals surface area contributed by atoms with Crippen molar-refractivity contribution in [3.05, 3.63) is 35.6 Å². The summed E-state index contributed by atoms with van der Waals surface area (Å²) >= 11 is 2.72. The van der Waals surface area contributed by atoms with Crippen molar-refractivity contribution >= 4 is 26.7 Å². The van der Waals surface area contributed by atoms with Crippen LogP contribution in [0.2, 0.25) is 0 Å².